The van der Waals surface area contributed by atoms with Gasteiger partial charge in [0.1, 0.15) is 5.82 Å². The summed E-state index contributed by atoms with van der Waals surface area (Å²) in [4.78, 5) is 18.7. The van der Waals surface area contributed by atoms with Crippen molar-refractivity contribution in [3.05, 3.63) is 23.9 Å². The first kappa shape index (κ1) is 14.8. The molecule has 2 atom stereocenters. The minimum absolute atomic E-state index is 0.175. The maximum atomic E-state index is 12.0. The Morgan fingerprint density at radius 2 is 2.15 bits per heavy atom. The Kier molecular flexibility index (Phi) is 4.60. The number of pyridine rings is 1. The molecule has 5 heteroatoms. The lowest BCUT2D eigenvalue weighted by atomic mass is 10.1. The molecular formula is C15H24N4O. The van der Waals surface area contributed by atoms with Crippen molar-refractivity contribution in [2.45, 2.75) is 39.8 Å². The molecule has 0 aromatic carbocycles. The second-order valence-corrected chi connectivity index (χ2v) is 5.89. The molecule has 1 saturated heterocycles. The van der Waals surface area contributed by atoms with E-state index in [1.54, 1.807) is 6.07 Å². The Hall–Kier alpha value is -1.62. The van der Waals surface area contributed by atoms with Gasteiger partial charge in [0, 0.05) is 30.9 Å². The first-order chi connectivity index (χ1) is 9.45. The second kappa shape index (κ2) is 6.22. The molecule has 0 radical (unpaired) electrons. The van der Waals surface area contributed by atoms with E-state index in [1.165, 1.54) is 0 Å². The molecule has 1 aromatic heterocycles. The summed E-state index contributed by atoms with van der Waals surface area (Å²) in [7, 11) is 0. The molecule has 1 aliphatic rings. The highest BCUT2D eigenvalue weighted by Gasteiger charge is 2.31. The quantitative estimate of drug-likeness (QED) is 0.890. The third kappa shape index (κ3) is 3.70. The molecule has 2 rings (SSSR count). The number of anilines is 1. The summed E-state index contributed by atoms with van der Waals surface area (Å²) in [5.41, 5.74) is 0.892. The Balaban J connectivity index is 1.89. The Morgan fingerprint density at radius 3 is 2.75 bits per heavy atom. The molecule has 20 heavy (non-hydrogen) atoms. The molecule has 0 bridgehead atoms. The molecule has 110 valence electrons. The fraction of sp³-hybridized carbons (Fsp3) is 0.600. The van der Waals surface area contributed by atoms with Crippen molar-refractivity contribution in [2.75, 3.05) is 18.4 Å². The summed E-state index contributed by atoms with van der Waals surface area (Å²) < 4.78 is 0. The molecule has 1 aromatic rings. The van der Waals surface area contributed by atoms with E-state index in [0.29, 0.717) is 17.8 Å². The SMILES string of the molecule is Cc1cccc(NC(=O)NC2CN(C(C)C)CC2C)n1. The van der Waals surface area contributed by atoms with Crippen molar-refractivity contribution in [1.29, 1.82) is 0 Å². The molecule has 0 spiro atoms. The van der Waals surface area contributed by atoms with Gasteiger partial charge < -0.3 is 5.32 Å². The highest BCUT2D eigenvalue weighted by molar-refractivity contribution is 5.88. The second-order valence-electron chi connectivity index (χ2n) is 5.89. The largest absolute Gasteiger partial charge is 0.333 e. The first-order valence-corrected chi connectivity index (χ1v) is 7.21. The van der Waals surface area contributed by atoms with Crippen LogP contribution in [0.1, 0.15) is 26.5 Å². The molecule has 2 heterocycles. The standard InChI is InChI=1S/C15H24N4O/c1-10(2)19-8-11(3)13(9-19)17-15(20)18-14-7-5-6-12(4)16-14/h5-7,10-11,13H,8-9H2,1-4H3,(H2,16,17,18,20). The van der Waals surface area contributed by atoms with Crippen LogP contribution in [0.3, 0.4) is 0 Å². The van der Waals surface area contributed by atoms with Crippen LogP contribution in [-0.2, 0) is 0 Å². The van der Waals surface area contributed by atoms with Gasteiger partial charge in [0.15, 0.2) is 0 Å². The summed E-state index contributed by atoms with van der Waals surface area (Å²) in [6.07, 6.45) is 0. The van der Waals surface area contributed by atoms with Gasteiger partial charge in [-0.1, -0.05) is 13.0 Å². The number of aromatic nitrogens is 1. The molecule has 0 saturated carbocycles. The number of carbonyl (C=O) groups is 1. The number of hydrogen-bond acceptors (Lipinski definition) is 3. The van der Waals surface area contributed by atoms with Crippen LogP contribution in [0.25, 0.3) is 0 Å². The lowest BCUT2D eigenvalue weighted by Crippen LogP contribution is -2.42. The van der Waals surface area contributed by atoms with Crippen LogP contribution in [0.2, 0.25) is 0 Å². The smallest absolute Gasteiger partial charge is 0.320 e. The summed E-state index contributed by atoms with van der Waals surface area (Å²) in [5, 5.41) is 5.84. The lowest BCUT2D eigenvalue weighted by molar-refractivity contribution is 0.243. The molecule has 0 aliphatic carbocycles. The summed E-state index contributed by atoms with van der Waals surface area (Å²) in [6, 6.07) is 6.13. The van der Waals surface area contributed by atoms with Crippen LogP contribution in [-0.4, -0.2) is 41.1 Å². The normalized spacial score (nSPS) is 23.1. The number of carbonyl (C=O) groups excluding carboxylic acids is 1. The van der Waals surface area contributed by atoms with Crippen LogP contribution in [0.15, 0.2) is 18.2 Å². The minimum atomic E-state index is -0.175. The summed E-state index contributed by atoms with van der Waals surface area (Å²) in [6.45, 7) is 10.4. The van der Waals surface area contributed by atoms with E-state index < -0.39 is 0 Å². The summed E-state index contributed by atoms with van der Waals surface area (Å²) >= 11 is 0. The Bertz CT molecular complexity index is 475. The van der Waals surface area contributed by atoms with Gasteiger partial charge in [-0.2, -0.15) is 0 Å². The average molecular weight is 276 g/mol. The minimum Gasteiger partial charge on any atom is -0.333 e. The lowest BCUT2D eigenvalue weighted by Gasteiger charge is -2.20. The number of likely N-dealkylation sites (tertiary alicyclic amines) is 1. The van der Waals surface area contributed by atoms with E-state index in [-0.39, 0.29) is 12.1 Å². The number of urea groups is 1. The van der Waals surface area contributed by atoms with Gasteiger partial charge in [-0.3, -0.25) is 10.2 Å². The number of rotatable bonds is 3. The maximum absolute atomic E-state index is 12.0. The van der Waals surface area contributed by atoms with E-state index in [9.17, 15) is 4.79 Å². The fourth-order valence-electron chi connectivity index (χ4n) is 2.55. The predicted octanol–water partition coefficient (Wildman–Crippen LogP) is 2.24. The third-order valence-electron chi connectivity index (χ3n) is 3.82. The van der Waals surface area contributed by atoms with Gasteiger partial charge in [-0.05, 0) is 38.8 Å². The Morgan fingerprint density at radius 1 is 1.40 bits per heavy atom. The first-order valence-electron chi connectivity index (χ1n) is 7.21. The summed E-state index contributed by atoms with van der Waals surface area (Å²) in [5.74, 6) is 1.06. The monoisotopic (exact) mass is 276 g/mol. The molecular weight excluding hydrogens is 252 g/mol. The molecule has 2 unspecified atom stereocenters. The third-order valence-corrected chi connectivity index (χ3v) is 3.82. The molecule has 1 fully saturated rings. The van der Waals surface area contributed by atoms with Crippen molar-refractivity contribution >= 4 is 11.8 Å². The van der Waals surface area contributed by atoms with Crippen molar-refractivity contribution in [2.24, 2.45) is 5.92 Å². The van der Waals surface area contributed by atoms with Crippen LogP contribution in [0.4, 0.5) is 10.6 Å². The fourth-order valence-corrected chi connectivity index (χ4v) is 2.55. The van der Waals surface area contributed by atoms with Gasteiger partial charge >= 0.3 is 6.03 Å². The zero-order chi connectivity index (χ0) is 14.7. The van der Waals surface area contributed by atoms with Crippen molar-refractivity contribution < 1.29 is 4.79 Å². The molecule has 5 nitrogen and oxygen atoms in total. The topological polar surface area (TPSA) is 57.3 Å². The number of hydrogen-bond donors (Lipinski definition) is 2. The Labute approximate surface area is 120 Å². The number of amides is 2. The number of nitrogens with one attached hydrogen (secondary N) is 2. The average Bonchev–Trinajstić information content (AvgIpc) is 2.71. The maximum Gasteiger partial charge on any atom is 0.320 e. The highest BCUT2D eigenvalue weighted by atomic mass is 16.2. The zero-order valence-corrected chi connectivity index (χ0v) is 12.7. The molecule has 2 N–H and O–H groups in total. The van der Waals surface area contributed by atoms with Gasteiger partial charge in [0.05, 0.1) is 0 Å². The van der Waals surface area contributed by atoms with E-state index >= 15 is 0 Å². The van der Waals surface area contributed by atoms with E-state index in [1.807, 2.05) is 19.1 Å². The van der Waals surface area contributed by atoms with Crippen LogP contribution in [0.5, 0.6) is 0 Å². The van der Waals surface area contributed by atoms with Crippen molar-refractivity contribution in [1.82, 2.24) is 15.2 Å². The van der Waals surface area contributed by atoms with Crippen molar-refractivity contribution in [3.8, 4) is 0 Å². The number of nitrogens with zero attached hydrogens (tertiary/aromatic N) is 2. The molecule has 1 aliphatic heterocycles. The van der Waals surface area contributed by atoms with Crippen LogP contribution in [0, 0.1) is 12.8 Å². The van der Waals surface area contributed by atoms with Gasteiger partial charge in [-0.25, -0.2) is 9.78 Å². The van der Waals surface area contributed by atoms with E-state index in [2.05, 4.69) is 41.3 Å². The van der Waals surface area contributed by atoms with Crippen LogP contribution >= 0.6 is 0 Å². The predicted molar refractivity (Wildman–Crippen MR) is 80.8 cm³/mol. The van der Waals surface area contributed by atoms with Crippen LogP contribution < -0.4 is 10.6 Å². The van der Waals surface area contributed by atoms with Gasteiger partial charge in [-0.15, -0.1) is 0 Å². The van der Waals surface area contributed by atoms with Gasteiger partial charge in [0.25, 0.3) is 0 Å². The zero-order valence-electron chi connectivity index (χ0n) is 12.7. The highest BCUT2D eigenvalue weighted by Crippen LogP contribution is 2.18. The number of aryl methyl sites for hydroxylation is 1. The van der Waals surface area contributed by atoms with Gasteiger partial charge in [0.2, 0.25) is 0 Å². The molecule has 2 amide bonds. The van der Waals surface area contributed by atoms with E-state index in [4.69, 9.17) is 0 Å². The van der Waals surface area contributed by atoms with E-state index in [0.717, 1.165) is 18.8 Å². The van der Waals surface area contributed by atoms with Crippen molar-refractivity contribution in [3.63, 3.8) is 0 Å².